The second kappa shape index (κ2) is 7.75. The molecule has 0 N–H and O–H groups in total. The lowest BCUT2D eigenvalue weighted by Crippen LogP contribution is -2.35. The van der Waals surface area contributed by atoms with Crippen LogP contribution < -0.4 is 4.90 Å². The van der Waals surface area contributed by atoms with Crippen LogP contribution in [0.1, 0.15) is 36.4 Å². The van der Waals surface area contributed by atoms with Crippen LogP contribution in [0, 0.1) is 6.92 Å². The van der Waals surface area contributed by atoms with Gasteiger partial charge in [0.15, 0.2) is 0 Å². The first kappa shape index (κ1) is 16.9. The zero-order valence-electron chi connectivity index (χ0n) is 14.7. The Bertz CT molecular complexity index is 710. The summed E-state index contributed by atoms with van der Waals surface area (Å²) in [4.78, 5) is 12.8. The second-order valence-electron chi connectivity index (χ2n) is 6.93. The molecule has 4 rings (SSSR count). The molecule has 0 aliphatic carbocycles. The van der Waals surface area contributed by atoms with Crippen molar-refractivity contribution in [1.82, 2.24) is 9.97 Å². The van der Waals surface area contributed by atoms with Crippen molar-refractivity contribution in [3.63, 3.8) is 0 Å². The Balaban J connectivity index is 1.37. The maximum atomic E-state index is 5.50. The smallest absolute Gasteiger partial charge is 0.132 e. The maximum absolute atomic E-state index is 5.50. The molecule has 2 fully saturated rings. The molecule has 0 unspecified atom stereocenters. The molecule has 5 heteroatoms. The van der Waals surface area contributed by atoms with Gasteiger partial charge in [-0.15, -0.1) is 11.8 Å². The van der Waals surface area contributed by atoms with Gasteiger partial charge in [0.05, 0.1) is 12.3 Å². The number of aryl methyl sites for hydroxylation is 1. The van der Waals surface area contributed by atoms with E-state index >= 15 is 0 Å². The largest absolute Gasteiger partial charge is 0.381 e. The molecule has 1 aromatic heterocycles. The van der Waals surface area contributed by atoms with Crippen molar-refractivity contribution in [3.05, 3.63) is 47.9 Å². The van der Waals surface area contributed by atoms with Crippen molar-refractivity contribution in [2.45, 2.75) is 42.2 Å². The second-order valence-corrected chi connectivity index (χ2v) is 8.27. The highest BCUT2D eigenvalue weighted by molar-refractivity contribution is 8.00. The molecule has 2 aliphatic heterocycles. The third kappa shape index (κ3) is 3.98. The monoisotopic (exact) mass is 355 g/mol. The van der Waals surface area contributed by atoms with Crippen LogP contribution in [-0.4, -0.2) is 41.5 Å². The van der Waals surface area contributed by atoms with Gasteiger partial charge in [-0.1, -0.05) is 18.2 Å². The van der Waals surface area contributed by atoms with Crippen LogP contribution in [0.2, 0.25) is 0 Å². The van der Waals surface area contributed by atoms with Crippen LogP contribution in [0.5, 0.6) is 0 Å². The molecule has 3 heterocycles. The van der Waals surface area contributed by atoms with Crippen LogP contribution in [0.25, 0.3) is 0 Å². The zero-order valence-corrected chi connectivity index (χ0v) is 15.5. The molecule has 1 atom stereocenters. The number of aromatic nitrogens is 2. The predicted molar refractivity (Wildman–Crippen MR) is 102 cm³/mol. The summed E-state index contributed by atoms with van der Waals surface area (Å²) in [5, 5.41) is 0.696. The number of thioether (sulfide) groups is 1. The summed E-state index contributed by atoms with van der Waals surface area (Å²) in [6.07, 6.45) is 5.19. The molecule has 0 saturated carbocycles. The lowest BCUT2D eigenvalue weighted by Gasteiger charge is -2.32. The molecule has 0 spiro atoms. The average molecular weight is 356 g/mol. The number of piperidine rings is 1. The van der Waals surface area contributed by atoms with Crippen molar-refractivity contribution in [2.75, 3.05) is 31.2 Å². The SMILES string of the molecule is Cc1ccccc1SC1CCN(c2cc([C@@H]3CCOC3)ncn2)CC1. The van der Waals surface area contributed by atoms with Crippen LogP contribution >= 0.6 is 11.8 Å². The summed E-state index contributed by atoms with van der Waals surface area (Å²) >= 11 is 2.04. The van der Waals surface area contributed by atoms with Gasteiger partial charge in [0.25, 0.3) is 0 Å². The minimum absolute atomic E-state index is 0.441. The van der Waals surface area contributed by atoms with E-state index in [-0.39, 0.29) is 0 Å². The summed E-state index contributed by atoms with van der Waals surface area (Å²) in [6, 6.07) is 10.9. The van der Waals surface area contributed by atoms with Gasteiger partial charge >= 0.3 is 0 Å². The number of hydrogen-bond acceptors (Lipinski definition) is 5. The molecule has 0 bridgehead atoms. The Morgan fingerprint density at radius 2 is 1.96 bits per heavy atom. The highest BCUT2D eigenvalue weighted by Gasteiger charge is 2.24. The molecule has 4 nitrogen and oxygen atoms in total. The Kier molecular flexibility index (Phi) is 5.22. The molecule has 0 radical (unpaired) electrons. The van der Waals surface area contributed by atoms with E-state index in [0.29, 0.717) is 11.2 Å². The summed E-state index contributed by atoms with van der Waals surface area (Å²) in [6.45, 7) is 5.99. The topological polar surface area (TPSA) is 38.2 Å². The van der Waals surface area contributed by atoms with Crippen molar-refractivity contribution < 1.29 is 4.74 Å². The number of nitrogens with zero attached hydrogens (tertiary/aromatic N) is 3. The Labute approximate surface area is 154 Å². The highest BCUT2D eigenvalue weighted by atomic mass is 32.2. The van der Waals surface area contributed by atoms with E-state index in [1.807, 2.05) is 11.8 Å². The van der Waals surface area contributed by atoms with E-state index in [1.54, 1.807) is 6.33 Å². The van der Waals surface area contributed by atoms with Crippen LogP contribution in [0.15, 0.2) is 41.6 Å². The summed E-state index contributed by atoms with van der Waals surface area (Å²) in [5.74, 6) is 1.52. The van der Waals surface area contributed by atoms with Gasteiger partial charge < -0.3 is 9.64 Å². The third-order valence-electron chi connectivity index (χ3n) is 5.17. The van der Waals surface area contributed by atoms with Gasteiger partial charge in [0.2, 0.25) is 0 Å². The van der Waals surface area contributed by atoms with Gasteiger partial charge in [0, 0.05) is 41.8 Å². The fourth-order valence-corrected chi connectivity index (χ4v) is 4.81. The predicted octanol–water partition coefficient (Wildman–Crippen LogP) is 4.05. The van der Waals surface area contributed by atoms with E-state index in [2.05, 4.69) is 52.1 Å². The number of ether oxygens (including phenoxy) is 1. The Morgan fingerprint density at radius 1 is 1.12 bits per heavy atom. The number of hydrogen-bond donors (Lipinski definition) is 0. The summed E-state index contributed by atoms with van der Waals surface area (Å²) < 4.78 is 5.50. The quantitative estimate of drug-likeness (QED) is 0.827. The van der Waals surface area contributed by atoms with Gasteiger partial charge in [-0.05, 0) is 37.8 Å². The first-order valence-corrected chi connectivity index (χ1v) is 10.0. The van der Waals surface area contributed by atoms with Gasteiger partial charge in [-0.2, -0.15) is 0 Å². The molecule has 2 aromatic rings. The van der Waals surface area contributed by atoms with Crippen LogP contribution in [0.4, 0.5) is 5.82 Å². The van der Waals surface area contributed by atoms with Crippen molar-refractivity contribution in [2.24, 2.45) is 0 Å². The lowest BCUT2D eigenvalue weighted by atomic mass is 10.0. The summed E-state index contributed by atoms with van der Waals surface area (Å²) in [5.41, 5.74) is 2.52. The molecule has 132 valence electrons. The molecule has 25 heavy (non-hydrogen) atoms. The maximum Gasteiger partial charge on any atom is 0.132 e. The zero-order chi connectivity index (χ0) is 17.1. The first-order valence-electron chi connectivity index (χ1n) is 9.16. The molecular weight excluding hydrogens is 330 g/mol. The minimum Gasteiger partial charge on any atom is -0.381 e. The number of benzene rings is 1. The average Bonchev–Trinajstić information content (AvgIpc) is 3.19. The molecule has 1 aromatic carbocycles. The summed E-state index contributed by atoms with van der Waals surface area (Å²) in [7, 11) is 0. The molecular formula is C20H25N3OS. The minimum atomic E-state index is 0.441. The van der Waals surface area contributed by atoms with Crippen molar-refractivity contribution >= 4 is 17.6 Å². The van der Waals surface area contributed by atoms with E-state index < -0.39 is 0 Å². The third-order valence-corrected chi connectivity index (χ3v) is 6.69. The van der Waals surface area contributed by atoms with E-state index in [0.717, 1.165) is 44.2 Å². The lowest BCUT2D eigenvalue weighted by molar-refractivity contribution is 0.193. The van der Waals surface area contributed by atoms with Crippen LogP contribution in [-0.2, 0) is 4.74 Å². The molecule has 2 saturated heterocycles. The fourth-order valence-electron chi connectivity index (χ4n) is 3.60. The van der Waals surface area contributed by atoms with Gasteiger partial charge in [-0.25, -0.2) is 9.97 Å². The van der Waals surface area contributed by atoms with Gasteiger partial charge in [0.1, 0.15) is 12.1 Å². The molecule has 2 aliphatic rings. The van der Waals surface area contributed by atoms with Crippen LogP contribution in [0.3, 0.4) is 0 Å². The standard InChI is InChI=1S/C20H25N3OS/c1-15-4-2-3-5-19(15)25-17-6-9-23(10-7-17)20-12-18(21-14-22-20)16-8-11-24-13-16/h2-5,12,14,16-17H,6-11,13H2,1H3/t16-/m1/s1. The number of rotatable bonds is 4. The molecule has 0 amide bonds. The fraction of sp³-hybridized carbons (Fsp3) is 0.500. The van der Waals surface area contributed by atoms with E-state index in [4.69, 9.17) is 4.74 Å². The normalized spacial score (nSPS) is 21.6. The number of anilines is 1. The van der Waals surface area contributed by atoms with Gasteiger partial charge in [-0.3, -0.25) is 0 Å². The van der Waals surface area contributed by atoms with E-state index in [1.165, 1.54) is 23.3 Å². The highest BCUT2D eigenvalue weighted by Crippen LogP contribution is 2.33. The Morgan fingerprint density at radius 3 is 2.72 bits per heavy atom. The van der Waals surface area contributed by atoms with Crippen molar-refractivity contribution in [3.8, 4) is 0 Å². The van der Waals surface area contributed by atoms with Crippen molar-refractivity contribution in [1.29, 1.82) is 0 Å². The van der Waals surface area contributed by atoms with E-state index in [9.17, 15) is 0 Å². The Hall–Kier alpha value is -1.59. The first-order chi connectivity index (χ1) is 12.3.